The van der Waals surface area contributed by atoms with Crippen LogP contribution in [0.15, 0.2) is 40.9 Å². The normalized spacial score (nSPS) is 18.2. The number of benzene rings is 1. The van der Waals surface area contributed by atoms with Crippen LogP contribution in [0.4, 0.5) is 5.82 Å². The number of amides is 1. The highest BCUT2D eigenvalue weighted by Gasteiger charge is 2.24. The van der Waals surface area contributed by atoms with Gasteiger partial charge in [-0.05, 0) is 38.3 Å². The summed E-state index contributed by atoms with van der Waals surface area (Å²) in [5, 5.41) is 6.57. The summed E-state index contributed by atoms with van der Waals surface area (Å²) in [6, 6.07) is 12.8. The Balaban J connectivity index is 1.47. The molecule has 5 nitrogen and oxygen atoms in total. The van der Waals surface area contributed by atoms with Gasteiger partial charge >= 0.3 is 0 Å². The van der Waals surface area contributed by atoms with Crippen LogP contribution in [0.3, 0.4) is 0 Å². The molecule has 5 heteroatoms. The molecule has 1 saturated heterocycles. The molecular weight excluding hydrogens is 290 g/mol. The molecule has 1 aromatic carbocycles. The minimum absolute atomic E-state index is 0.0105. The molecule has 2 heterocycles. The van der Waals surface area contributed by atoms with E-state index in [1.54, 1.807) is 13.0 Å². The molecule has 3 rings (SSSR count). The number of nitrogens with one attached hydrogen (secondary N) is 1. The first kappa shape index (κ1) is 15.7. The monoisotopic (exact) mass is 313 g/mol. The maximum atomic E-state index is 12.0. The number of aryl methyl sites for hydroxylation is 1. The van der Waals surface area contributed by atoms with Gasteiger partial charge in [0.25, 0.3) is 0 Å². The Labute approximate surface area is 136 Å². The zero-order chi connectivity index (χ0) is 16.1. The lowest BCUT2D eigenvalue weighted by molar-refractivity contribution is -0.116. The van der Waals surface area contributed by atoms with Gasteiger partial charge in [0, 0.05) is 25.1 Å². The number of carbonyl (C=O) groups is 1. The largest absolute Gasteiger partial charge is 0.360 e. The Hall–Kier alpha value is -2.14. The lowest BCUT2D eigenvalue weighted by Crippen LogP contribution is -2.33. The Morgan fingerprint density at radius 2 is 2.22 bits per heavy atom. The molecule has 0 aliphatic carbocycles. The topological polar surface area (TPSA) is 58.4 Å². The molecule has 1 N–H and O–H groups in total. The Morgan fingerprint density at radius 1 is 1.39 bits per heavy atom. The van der Waals surface area contributed by atoms with E-state index in [0.29, 0.717) is 24.0 Å². The molecule has 1 aromatic heterocycles. The Kier molecular flexibility index (Phi) is 5.08. The standard InChI is InChI=1S/C18H23N3O2/c1-14-12-17(20-23-14)19-18(22)9-11-21-10-5-8-16(21)13-15-6-3-2-4-7-15/h2-4,6-7,12,16H,5,8-11,13H2,1H3,(H,19,20,22). The van der Waals surface area contributed by atoms with Gasteiger partial charge in [0.05, 0.1) is 0 Å². The van der Waals surface area contributed by atoms with Crippen molar-refractivity contribution in [2.45, 2.75) is 38.6 Å². The fourth-order valence-corrected chi connectivity index (χ4v) is 3.18. The van der Waals surface area contributed by atoms with Crippen LogP contribution in [0.5, 0.6) is 0 Å². The third-order valence-corrected chi connectivity index (χ3v) is 4.33. The number of rotatable bonds is 6. The van der Waals surface area contributed by atoms with Crippen LogP contribution >= 0.6 is 0 Å². The van der Waals surface area contributed by atoms with E-state index in [0.717, 1.165) is 19.5 Å². The van der Waals surface area contributed by atoms with Crippen molar-refractivity contribution in [3.8, 4) is 0 Å². The molecule has 0 radical (unpaired) electrons. The lowest BCUT2D eigenvalue weighted by Gasteiger charge is -2.24. The average molecular weight is 313 g/mol. The summed E-state index contributed by atoms with van der Waals surface area (Å²) in [5.41, 5.74) is 1.37. The number of anilines is 1. The molecule has 122 valence electrons. The number of nitrogens with zero attached hydrogens (tertiary/aromatic N) is 2. The van der Waals surface area contributed by atoms with Crippen LogP contribution in [0.1, 0.15) is 30.6 Å². The van der Waals surface area contributed by atoms with Crippen LogP contribution in [-0.4, -0.2) is 35.1 Å². The number of aromatic nitrogens is 1. The second-order valence-electron chi connectivity index (χ2n) is 6.14. The van der Waals surface area contributed by atoms with Crippen molar-refractivity contribution in [2.24, 2.45) is 0 Å². The maximum Gasteiger partial charge on any atom is 0.226 e. The van der Waals surface area contributed by atoms with Crippen molar-refractivity contribution in [1.29, 1.82) is 0 Å². The predicted molar refractivity (Wildman–Crippen MR) is 89.2 cm³/mol. The van der Waals surface area contributed by atoms with E-state index in [-0.39, 0.29) is 5.91 Å². The third kappa shape index (κ3) is 4.42. The molecule has 1 atom stereocenters. The van der Waals surface area contributed by atoms with E-state index >= 15 is 0 Å². The zero-order valence-electron chi connectivity index (χ0n) is 13.5. The van der Waals surface area contributed by atoms with Gasteiger partial charge in [0.2, 0.25) is 5.91 Å². The third-order valence-electron chi connectivity index (χ3n) is 4.33. The van der Waals surface area contributed by atoms with E-state index < -0.39 is 0 Å². The van der Waals surface area contributed by atoms with Crippen molar-refractivity contribution in [1.82, 2.24) is 10.1 Å². The molecule has 1 amide bonds. The molecule has 0 saturated carbocycles. The first-order chi connectivity index (χ1) is 11.2. The van der Waals surface area contributed by atoms with Crippen LogP contribution < -0.4 is 5.32 Å². The van der Waals surface area contributed by atoms with E-state index in [4.69, 9.17) is 4.52 Å². The fraction of sp³-hybridized carbons (Fsp3) is 0.444. The quantitative estimate of drug-likeness (QED) is 0.890. The van der Waals surface area contributed by atoms with Gasteiger partial charge in [-0.15, -0.1) is 0 Å². The number of hydrogen-bond acceptors (Lipinski definition) is 4. The van der Waals surface area contributed by atoms with Gasteiger partial charge in [-0.1, -0.05) is 35.5 Å². The molecule has 23 heavy (non-hydrogen) atoms. The highest BCUT2D eigenvalue weighted by atomic mass is 16.5. The minimum atomic E-state index is -0.0105. The summed E-state index contributed by atoms with van der Waals surface area (Å²) < 4.78 is 4.95. The van der Waals surface area contributed by atoms with Crippen molar-refractivity contribution < 1.29 is 9.32 Å². The van der Waals surface area contributed by atoms with E-state index in [9.17, 15) is 4.79 Å². The highest BCUT2D eigenvalue weighted by molar-refractivity contribution is 5.89. The molecule has 2 aromatic rings. The van der Waals surface area contributed by atoms with E-state index in [2.05, 4.69) is 39.6 Å². The summed E-state index contributed by atoms with van der Waals surface area (Å²) in [5.74, 6) is 1.18. The smallest absolute Gasteiger partial charge is 0.226 e. The van der Waals surface area contributed by atoms with Gasteiger partial charge in [0.1, 0.15) is 5.76 Å². The van der Waals surface area contributed by atoms with Gasteiger partial charge in [-0.2, -0.15) is 0 Å². The maximum absolute atomic E-state index is 12.0. The summed E-state index contributed by atoms with van der Waals surface area (Å²) in [6.07, 6.45) is 3.96. The Bertz CT molecular complexity index is 639. The van der Waals surface area contributed by atoms with Gasteiger partial charge < -0.3 is 9.84 Å². The van der Waals surface area contributed by atoms with E-state index in [1.165, 1.54) is 18.4 Å². The molecule has 1 unspecified atom stereocenters. The molecular formula is C18H23N3O2. The van der Waals surface area contributed by atoms with Crippen LogP contribution in [-0.2, 0) is 11.2 Å². The SMILES string of the molecule is Cc1cc(NC(=O)CCN2CCCC2Cc2ccccc2)no1. The summed E-state index contributed by atoms with van der Waals surface area (Å²) in [6.45, 7) is 3.68. The summed E-state index contributed by atoms with van der Waals surface area (Å²) in [7, 11) is 0. The molecule has 0 spiro atoms. The second kappa shape index (κ2) is 7.42. The van der Waals surface area contributed by atoms with Crippen molar-refractivity contribution in [3.63, 3.8) is 0 Å². The molecule has 0 bridgehead atoms. The van der Waals surface area contributed by atoms with Crippen LogP contribution in [0, 0.1) is 6.92 Å². The number of likely N-dealkylation sites (tertiary alicyclic amines) is 1. The predicted octanol–water partition coefficient (Wildman–Crippen LogP) is 3.02. The fourth-order valence-electron chi connectivity index (χ4n) is 3.18. The lowest BCUT2D eigenvalue weighted by atomic mass is 10.0. The highest BCUT2D eigenvalue weighted by Crippen LogP contribution is 2.21. The van der Waals surface area contributed by atoms with Crippen molar-refractivity contribution >= 4 is 11.7 Å². The first-order valence-corrected chi connectivity index (χ1v) is 8.22. The summed E-state index contributed by atoms with van der Waals surface area (Å²) >= 11 is 0. The Morgan fingerprint density at radius 3 is 2.96 bits per heavy atom. The molecule has 1 aliphatic heterocycles. The van der Waals surface area contributed by atoms with Crippen molar-refractivity contribution in [2.75, 3.05) is 18.4 Å². The number of carbonyl (C=O) groups excluding carboxylic acids is 1. The molecule has 1 aliphatic rings. The first-order valence-electron chi connectivity index (χ1n) is 8.22. The zero-order valence-corrected chi connectivity index (χ0v) is 13.5. The second-order valence-corrected chi connectivity index (χ2v) is 6.14. The van der Waals surface area contributed by atoms with Crippen LogP contribution in [0.2, 0.25) is 0 Å². The van der Waals surface area contributed by atoms with Gasteiger partial charge in [0.15, 0.2) is 5.82 Å². The van der Waals surface area contributed by atoms with Crippen molar-refractivity contribution in [3.05, 3.63) is 47.7 Å². The van der Waals surface area contributed by atoms with E-state index in [1.807, 2.05) is 6.07 Å². The minimum Gasteiger partial charge on any atom is -0.360 e. The summed E-state index contributed by atoms with van der Waals surface area (Å²) in [4.78, 5) is 14.5. The molecule has 1 fully saturated rings. The van der Waals surface area contributed by atoms with Crippen LogP contribution in [0.25, 0.3) is 0 Å². The van der Waals surface area contributed by atoms with Gasteiger partial charge in [-0.25, -0.2) is 0 Å². The average Bonchev–Trinajstić information content (AvgIpc) is 3.15. The number of hydrogen-bond donors (Lipinski definition) is 1. The van der Waals surface area contributed by atoms with Gasteiger partial charge in [-0.3, -0.25) is 9.69 Å².